The second-order valence-corrected chi connectivity index (χ2v) is 27.2. The van der Waals surface area contributed by atoms with Crippen LogP contribution in [0.1, 0.15) is 177 Å². The van der Waals surface area contributed by atoms with Crippen LogP contribution >= 0.6 is 11.3 Å². The number of pyridine rings is 1. The molecule has 13 rings (SSSR count). The molecule has 4 aromatic heterocycles. The maximum absolute atomic E-state index is 13.2. The maximum Gasteiger partial charge on any atom is 0.355 e. The van der Waals surface area contributed by atoms with Crippen LogP contribution in [0.3, 0.4) is 0 Å². The van der Waals surface area contributed by atoms with Crippen LogP contribution in [0.2, 0.25) is 0 Å². The van der Waals surface area contributed by atoms with Crippen LogP contribution in [-0.2, 0) is 27.3 Å². The number of ether oxygens (including phenoxy) is 2. The first kappa shape index (κ1) is 58.2. The van der Waals surface area contributed by atoms with E-state index in [0.717, 1.165) is 126 Å². The van der Waals surface area contributed by atoms with Gasteiger partial charge in [-0.2, -0.15) is 5.10 Å². The molecule has 3 atom stereocenters. The van der Waals surface area contributed by atoms with Gasteiger partial charge in [-0.3, -0.25) is 34.1 Å². The minimum atomic E-state index is -1.09. The number of likely N-dealkylation sites (N-methyl/N-ethyl adjacent to an activating group) is 1. The molecule has 85 heavy (non-hydrogen) atoms. The summed E-state index contributed by atoms with van der Waals surface area (Å²) in [7, 11) is 2.22. The van der Waals surface area contributed by atoms with Crippen LogP contribution in [0.25, 0.3) is 21.3 Å². The molecule has 0 spiro atoms. The van der Waals surface area contributed by atoms with Crippen molar-refractivity contribution in [2.24, 2.45) is 16.2 Å². The molecule has 4 saturated carbocycles. The number of para-hydroxylation sites is 1. The van der Waals surface area contributed by atoms with Gasteiger partial charge in [0.15, 0.2) is 22.5 Å². The highest BCUT2D eigenvalue weighted by Gasteiger charge is 2.66. The molecule has 448 valence electrons. The Morgan fingerprint density at radius 2 is 1.53 bits per heavy atom. The molecule has 4 aliphatic carbocycles. The number of hydrogen-bond donors (Lipinski definition) is 3. The summed E-state index contributed by atoms with van der Waals surface area (Å²) in [5.74, 6) is -0.758. The summed E-state index contributed by atoms with van der Waals surface area (Å²) in [5.41, 5.74) is 5.92. The number of carboxylic acids is 1. The van der Waals surface area contributed by atoms with E-state index in [1.54, 1.807) is 29.5 Å². The number of fused-ring (bicyclic) bond motifs is 3. The minimum Gasteiger partial charge on any atom is -0.494 e. The van der Waals surface area contributed by atoms with E-state index in [1.807, 2.05) is 48.4 Å². The van der Waals surface area contributed by atoms with Crippen molar-refractivity contribution in [1.29, 1.82) is 0 Å². The fourth-order valence-corrected chi connectivity index (χ4v) is 17.1. The zero-order valence-electron chi connectivity index (χ0n) is 49.8. The lowest BCUT2D eigenvalue weighted by atomic mass is 9.39. The smallest absolute Gasteiger partial charge is 0.355 e. The number of hydrogen-bond acceptors (Lipinski definition) is 16. The van der Waals surface area contributed by atoms with Crippen LogP contribution in [0.5, 0.6) is 5.75 Å². The van der Waals surface area contributed by atoms with Crippen LogP contribution in [0.4, 0.5) is 22.6 Å². The number of imide groups is 2. The van der Waals surface area contributed by atoms with Crippen molar-refractivity contribution in [3.63, 3.8) is 0 Å². The first-order valence-corrected chi connectivity index (χ1v) is 31.6. The number of nitrogens with one attached hydrogen (secondary N) is 2. The number of unbranched alkanes of at least 4 members (excludes halogenated alkanes) is 8. The summed E-state index contributed by atoms with van der Waals surface area (Å²) < 4.78 is 16.3. The Hall–Kier alpha value is -7.16. The van der Waals surface area contributed by atoms with Gasteiger partial charge in [-0.05, 0) is 157 Å². The molecule has 3 N–H and O–H groups in total. The van der Waals surface area contributed by atoms with E-state index in [1.165, 1.54) is 44.9 Å². The number of carbonyl (C=O) groups is 5. The van der Waals surface area contributed by atoms with E-state index >= 15 is 0 Å². The largest absolute Gasteiger partial charge is 0.494 e. The Bertz CT molecular complexity index is 3530. The van der Waals surface area contributed by atoms with Gasteiger partial charge < -0.3 is 29.7 Å². The first-order valence-electron chi connectivity index (χ1n) is 30.7. The van der Waals surface area contributed by atoms with E-state index in [9.17, 15) is 29.1 Å². The highest BCUT2D eigenvalue weighted by atomic mass is 32.1. The second-order valence-electron chi connectivity index (χ2n) is 26.2. The van der Waals surface area contributed by atoms with Gasteiger partial charge in [0.05, 0.1) is 46.4 Å². The number of aromatic carboxylic acids is 1. The predicted octanol–water partition coefficient (Wildman–Crippen LogP) is 11.5. The third-order valence-electron chi connectivity index (χ3n) is 19.0. The summed E-state index contributed by atoms with van der Waals surface area (Å²) in [5, 5.41) is 31.4. The zero-order chi connectivity index (χ0) is 59.3. The quantitative estimate of drug-likeness (QED) is 0.0358. The fraction of sp³-hybridized carbons (Fsp3) is 0.538. The van der Waals surface area contributed by atoms with Crippen molar-refractivity contribution >= 4 is 73.7 Å². The Balaban J connectivity index is 0.583. The SMILES string of the molecule is Cc1c(Nc2nc3ccccc3s2)nnc2c1CCCN2c1ccc(-c2cnn(CC34CC5(C)CC(C)(C3)CC(OCCN(C)CCCCCCCCCCCOc3ccc6c(c3)C(=O)N(C3CCC(=O)NC3=O)C6=O)(C5)C4)c2C)c(C(=O)O)n1. The summed E-state index contributed by atoms with van der Waals surface area (Å²) >= 11 is 1.57. The number of thiazole rings is 1. The Morgan fingerprint density at radius 3 is 2.28 bits per heavy atom. The van der Waals surface area contributed by atoms with Gasteiger partial charge in [-0.25, -0.2) is 14.8 Å². The highest BCUT2D eigenvalue weighted by molar-refractivity contribution is 7.22. The number of benzene rings is 2. The molecule has 7 heterocycles. The second kappa shape index (κ2) is 23.6. The van der Waals surface area contributed by atoms with Crippen molar-refractivity contribution in [2.75, 3.05) is 50.1 Å². The number of amides is 4. The molecular formula is C65H79N11O8S. The van der Waals surface area contributed by atoms with E-state index in [-0.39, 0.29) is 51.5 Å². The van der Waals surface area contributed by atoms with Crippen molar-refractivity contribution in [3.8, 4) is 16.9 Å². The van der Waals surface area contributed by atoms with Crippen LogP contribution in [0.15, 0.2) is 60.8 Å². The van der Waals surface area contributed by atoms with Gasteiger partial charge in [0.2, 0.25) is 11.8 Å². The molecular weight excluding hydrogens is 1090 g/mol. The predicted molar refractivity (Wildman–Crippen MR) is 325 cm³/mol. The Kier molecular flexibility index (Phi) is 16.2. The summed E-state index contributed by atoms with van der Waals surface area (Å²) in [6.45, 7) is 13.7. The van der Waals surface area contributed by atoms with E-state index < -0.39 is 35.6 Å². The van der Waals surface area contributed by atoms with Crippen LogP contribution < -0.4 is 20.3 Å². The number of rotatable bonds is 25. The third-order valence-corrected chi connectivity index (χ3v) is 20.0. The van der Waals surface area contributed by atoms with Gasteiger partial charge in [0, 0.05) is 54.0 Å². The van der Waals surface area contributed by atoms with Gasteiger partial charge in [-0.15, -0.1) is 10.2 Å². The van der Waals surface area contributed by atoms with Crippen molar-refractivity contribution in [2.45, 2.75) is 168 Å². The average Bonchev–Trinajstić information content (AvgIpc) is 1.29. The highest BCUT2D eigenvalue weighted by Crippen LogP contribution is 2.72. The van der Waals surface area contributed by atoms with Gasteiger partial charge in [0.25, 0.3) is 11.8 Å². The molecule has 2 aromatic carbocycles. The molecule has 0 radical (unpaired) electrons. The van der Waals surface area contributed by atoms with Crippen molar-refractivity contribution < 1.29 is 38.6 Å². The molecule has 1 saturated heterocycles. The molecule has 4 bridgehead atoms. The summed E-state index contributed by atoms with van der Waals surface area (Å²) in [6.07, 6.45) is 20.7. The first-order chi connectivity index (χ1) is 40.9. The maximum atomic E-state index is 13.2. The molecule has 3 unspecified atom stereocenters. The number of nitrogens with zero attached hydrogens (tertiary/aromatic N) is 9. The number of carboxylic acid groups (broad SMARTS) is 1. The molecule has 4 amide bonds. The zero-order valence-corrected chi connectivity index (χ0v) is 50.6. The number of anilines is 4. The monoisotopic (exact) mass is 1170 g/mol. The lowest BCUT2D eigenvalue weighted by Crippen LogP contribution is -2.64. The number of piperidine rings is 1. The summed E-state index contributed by atoms with van der Waals surface area (Å²) in [6, 6.07) is 15.7. The minimum absolute atomic E-state index is 0.00976. The van der Waals surface area contributed by atoms with Crippen LogP contribution in [-0.4, -0.2) is 126 Å². The van der Waals surface area contributed by atoms with Crippen LogP contribution in [0, 0.1) is 30.1 Å². The Labute approximate surface area is 500 Å². The Morgan fingerprint density at radius 1 is 0.800 bits per heavy atom. The van der Waals surface area contributed by atoms with Crippen molar-refractivity contribution in [1.82, 2.24) is 45.1 Å². The summed E-state index contributed by atoms with van der Waals surface area (Å²) in [4.78, 5) is 78.2. The fourth-order valence-electron chi connectivity index (χ4n) is 16.2. The molecule has 3 aliphatic heterocycles. The van der Waals surface area contributed by atoms with Gasteiger partial charge in [0.1, 0.15) is 17.6 Å². The number of carbonyl (C=O) groups excluding carboxylic acids is 4. The van der Waals surface area contributed by atoms with E-state index in [0.29, 0.717) is 48.5 Å². The molecule has 5 fully saturated rings. The lowest BCUT2D eigenvalue weighted by Gasteiger charge is -2.69. The van der Waals surface area contributed by atoms with E-state index in [2.05, 4.69) is 59.2 Å². The lowest BCUT2D eigenvalue weighted by molar-refractivity contribution is -0.248. The average molecular weight is 1170 g/mol. The molecule has 19 nitrogen and oxygen atoms in total. The molecule has 7 aliphatic rings. The molecule has 20 heteroatoms. The normalized spacial score (nSPS) is 24.2. The standard InChI is InChI=1S/C65H79N11O8S/c1-41-44-18-17-28-74(56(44)72-71-55(41)70-61-67-49-19-13-14-20-51(49)85-61)52-25-23-45(54(68-52)60(81)82)48-33-66-75(42(48)2)40-64-35-62(3)34-63(4,36-64)38-65(37-62,39-64)84-31-29-73(5)27-15-11-9-7-6-8-10-12-16-30-83-43-21-22-46-47(32-43)59(80)76(58(46)79)50-24-26-53(77)69-57(50)78/h13-14,19-23,25,32-33,50H,6-12,15-18,24,26-31,34-40H2,1-5H3,(H,81,82)(H,67,70,71)(H,69,77,78). The number of aromatic nitrogens is 6. The third kappa shape index (κ3) is 11.9. The topological polar surface area (TPSA) is 227 Å². The van der Waals surface area contributed by atoms with Gasteiger partial charge in [-0.1, -0.05) is 82.3 Å². The van der Waals surface area contributed by atoms with Gasteiger partial charge >= 0.3 is 5.97 Å². The van der Waals surface area contributed by atoms with Crippen molar-refractivity contribution in [3.05, 3.63) is 94.4 Å². The van der Waals surface area contributed by atoms with E-state index in [4.69, 9.17) is 29.6 Å². The molecule has 6 aromatic rings.